The van der Waals surface area contributed by atoms with Gasteiger partial charge in [-0.3, -0.25) is 0 Å². The predicted octanol–water partition coefficient (Wildman–Crippen LogP) is 4.41. The molecule has 3 heteroatoms. The molecule has 0 aliphatic rings. The van der Waals surface area contributed by atoms with Gasteiger partial charge in [-0.25, -0.2) is 4.39 Å². The Bertz CT molecular complexity index is 539. The van der Waals surface area contributed by atoms with E-state index in [9.17, 15) is 4.39 Å². The van der Waals surface area contributed by atoms with Crippen LogP contribution in [0.4, 0.5) is 4.39 Å². The summed E-state index contributed by atoms with van der Waals surface area (Å²) < 4.78 is 14.0. The summed E-state index contributed by atoms with van der Waals surface area (Å²) in [5, 5.41) is 4.04. The number of hydrogen-bond acceptors (Lipinski definition) is 1. The second-order valence-corrected chi connectivity index (χ2v) is 5.29. The second-order valence-electron chi connectivity index (χ2n) is 4.86. The van der Waals surface area contributed by atoms with Gasteiger partial charge in [0.1, 0.15) is 5.82 Å². The maximum Gasteiger partial charge on any atom is 0.126 e. The summed E-state index contributed by atoms with van der Waals surface area (Å²) in [6.07, 6.45) is 0.797. The van der Waals surface area contributed by atoms with Crippen molar-refractivity contribution in [3.05, 3.63) is 70.5 Å². The van der Waals surface area contributed by atoms with Crippen LogP contribution in [0.25, 0.3) is 0 Å². The van der Waals surface area contributed by atoms with Crippen molar-refractivity contribution in [3.63, 3.8) is 0 Å². The van der Waals surface area contributed by atoms with Gasteiger partial charge in [0.2, 0.25) is 0 Å². The average Bonchev–Trinajstić information content (AvgIpc) is 2.46. The first-order valence-corrected chi connectivity index (χ1v) is 7.28. The number of rotatable bonds is 6. The Labute approximate surface area is 124 Å². The minimum Gasteiger partial charge on any atom is -0.316 e. The highest BCUT2D eigenvalue weighted by atomic mass is 35.5. The molecule has 0 spiro atoms. The first-order valence-electron chi connectivity index (χ1n) is 6.90. The fourth-order valence-corrected chi connectivity index (χ4v) is 2.45. The van der Waals surface area contributed by atoms with E-state index in [4.69, 9.17) is 11.6 Å². The summed E-state index contributed by atoms with van der Waals surface area (Å²) >= 11 is 5.90. The summed E-state index contributed by atoms with van der Waals surface area (Å²) in [4.78, 5) is 0. The molecule has 0 heterocycles. The quantitative estimate of drug-likeness (QED) is 0.831. The fraction of sp³-hybridized carbons (Fsp3) is 0.294. The highest BCUT2D eigenvalue weighted by Crippen LogP contribution is 2.23. The van der Waals surface area contributed by atoms with Crippen molar-refractivity contribution in [1.82, 2.24) is 5.32 Å². The van der Waals surface area contributed by atoms with Gasteiger partial charge in [-0.2, -0.15) is 0 Å². The molecular formula is C17H19ClFN. The smallest absolute Gasteiger partial charge is 0.126 e. The largest absolute Gasteiger partial charge is 0.316 e. The zero-order valence-electron chi connectivity index (χ0n) is 11.6. The molecule has 0 amide bonds. The summed E-state index contributed by atoms with van der Waals surface area (Å²) in [6.45, 7) is 3.70. The lowest BCUT2D eigenvalue weighted by atomic mass is 9.91. The molecule has 1 nitrogen and oxygen atoms in total. The van der Waals surface area contributed by atoms with Crippen LogP contribution in [0.1, 0.15) is 24.0 Å². The third-order valence-electron chi connectivity index (χ3n) is 3.38. The Morgan fingerprint density at radius 3 is 2.45 bits per heavy atom. The van der Waals surface area contributed by atoms with Gasteiger partial charge in [0, 0.05) is 17.5 Å². The third kappa shape index (κ3) is 4.06. The van der Waals surface area contributed by atoms with Crippen molar-refractivity contribution in [2.75, 3.05) is 13.1 Å². The van der Waals surface area contributed by atoms with Gasteiger partial charge in [0.05, 0.1) is 0 Å². The average molecular weight is 292 g/mol. The molecule has 0 fully saturated rings. The monoisotopic (exact) mass is 291 g/mol. The molecule has 1 N–H and O–H groups in total. The molecule has 2 aromatic carbocycles. The molecule has 2 rings (SSSR count). The van der Waals surface area contributed by atoms with Gasteiger partial charge in [0.25, 0.3) is 0 Å². The lowest BCUT2D eigenvalue weighted by Crippen LogP contribution is -2.23. The zero-order valence-corrected chi connectivity index (χ0v) is 12.3. The van der Waals surface area contributed by atoms with E-state index < -0.39 is 0 Å². The maximum absolute atomic E-state index is 14.0. The van der Waals surface area contributed by atoms with E-state index in [0.29, 0.717) is 0 Å². The van der Waals surface area contributed by atoms with Gasteiger partial charge in [0.15, 0.2) is 0 Å². The summed E-state index contributed by atoms with van der Waals surface area (Å²) in [7, 11) is 0. The van der Waals surface area contributed by atoms with Crippen LogP contribution in [0.3, 0.4) is 0 Å². The number of likely N-dealkylation sites (N-methyl/N-ethyl adjacent to an activating group) is 1. The second kappa shape index (κ2) is 7.41. The molecule has 20 heavy (non-hydrogen) atoms. The topological polar surface area (TPSA) is 12.0 Å². The normalized spacial score (nSPS) is 12.3. The molecule has 0 radical (unpaired) electrons. The zero-order chi connectivity index (χ0) is 14.4. The Morgan fingerprint density at radius 2 is 1.80 bits per heavy atom. The minimum absolute atomic E-state index is 0.123. The van der Waals surface area contributed by atoms with Crippen molar-refractivity contribution in [3.8, 4) is 0 Å². The summed E-state index contributed by atoms with van der Waals surface area (Å²) in [6, 6.07) is 14.8. The lowest BCUT2D eigenvalue weighted by Gasteiger charge is -2.18. The standard InChI is InChI=1S/C17H19ClFN/c1-2-20-12-14(16-5-3-4-6-17(16)19)11-13-7-9-15(18)10-8-13/h3-10,14,20H,2,11-12H2,1H3. The van der Waals surface area contributed by atoms with Crippen LogP contribution >= 0.6 is 11.6 Å². The van der Waals surface area contributed by atoms with Crippen LogP contribution in [0, 0.1) is 5.82 Å². The predicted molar refractivity (Wildman–Crippen MR) is 82.8 cm³/mol. The van der Waals surface area contributed by atoms with E-state index in [1.165, 1.54) is 11.6 Å². The first-order chi connectivity index (χ1) is 9.70. The van der Waals surface area contributed by atoms with Crippen LogP contribution in [0.15, 0.2) is 48.5 Å². The number of nitrogens with one attached hydrogen (secondary N) is 1. The van der Waals surface area contributed by atoms with Crippen LogP contribution in [-0.4, -0.2) is 13.1 Å². The molecule has 0 aliphatic carbocycles. The molecule has 0 saturated heterocycles. The van der Waals surface area contributed by atoms with Crippen LogP contribution < -0.4 is 5.32 Å². The van der Waals surface area contributed by atoms with E-state index in [1.54, 1.807) is 6.07 Å². The van der Waals surface area contributed by atoms with Crippen molar-refractivity contribution in [2.24, 2.45) is 0 Å². The number of benzene rings is 2. The number of halogens is 2. The molecule has 0 bridgehead atoms. The van der Waals surface area contributed by atoms with Crippen molar-refractivity contribution in [2.45, 2.75) is 19.3 Å². The maximum atomic E-state index is 14.0. The summed E-state index contributed by atoms with van der Waals surface area (Å²) in [5.74, 6) is -0.0123. The molecule has 1 atom stereocenters. The molecular weight excluding hydrogens is 273 g/mol. The molecule has 2 aromatic rings. The SMILES string of the molecule is CCNCC(Cc1ccc(Cl)cc1)c1ccccc1F. The fourth-order valence-electron chi connectivity index (χ4n) is 2.32. The first kappa shape index (κ1) is 15.0. The Hall–Kier alpha value is -1.38. The summed E-state index contributed by atoms with van der Waals surface area (Å²) in [5.41, 5.74) is 1.93. The van der Waals surface area contributed by atoms with Gasteiger partial charge in [-0.15, -0.1) is 0 Å². The molecule has 0 aliphatic heterocycles. The van der Waals surface area contributed by atoms with Gasteiger partial charge < -0.3 is 5.32 Å². The van der Waals surface area contributed by atoms with Crippen molar-refractivity contribution < 1.29 is 4.39 Å². The number of hydrogen-bond donors (Lipinski definition) is 1. The molecule has 0 saturated carbocycles. The van der Waals surface area contributed by atoms with Crippen LogP contribution in [0.5, 0.6) is 0 Å². The van der Waals surface area contributed by atoms with E-state index in [2.05, 4.69) is 12.2 Å². The van der Waals surface area contributed by atoms with Gasteiger partial charge in [-0.1, -0.05) is 48.9 Å². The van der Waals surface area contributed by atoms with E-state index in [-0.39, 0.29) is 11.7 Å². The Morgan fingerprint density at radius 1 is 1.10 bits per heavy atom. The Kier molecular flexibility index (Phi) is 5.57. The molecule has 0 aromatic heterocycles. The van der Waals surface area contributed by atoms with Crippen molar-refractivity contribution >= 4 is 11.6 Å². The van der Waals surface area contributed by atoms with E-state index in [1.807, 2.05) is 36.4 Å². The van der Waals surface area contributed by atoms with Crippen molar-refractivity contribution in [1.29, 1.82) is 0 Å². The molecule has 106 valence electrons. The highest BCUT2D eigenvalue weighted by molar-refractivity contribution is 6.30. The van der Waals surface area contributed by atoms with Gasteiger partial charge in [-0.05, 0) is 42.3 Å². The van der Waals surface area contributed by atoms with Gasteiger partial charge >= 0.3 is 0 Å². The van der Waals surface area contributed by atoms with E-state index in [0.717, 1.165) is 30.1 Å². The van der Waals surface area contributed by atoms with Crippen LogP contribution in [-0.2, 0) is 6.42 Å². The molecule has 1 unspecified atom stereocenters. The van der Waals surface area contributed by atoms with E-state index >= 15 is 0 Å². The minimum atomic E-state index is -0.135. The van der Waals surface area contributed by atoms with Crippen LogP contribution in [0.2, 0.25) is 5.02 Å². The third-order valence-corrected chi connectivity index (χ3v) is 3.63. The Balaban J connectivity index is 2.19. The lowest BCUT2D eigenvalue weighted by molar-refractivity contribution is 0.544. The highest BCUT2D eigenvalue weighted by Gasteiger charge is 2.15.